The summed E-state index contributed by atoms with van der Waals surface area (Å²) in [6, 6.07) is 23.3. The largest absolute Gasteiger partial charge is 0.363 e. The monoisotopic (exact) mass is 301 g/mol. The number of carbonyl (C=O) groups excluding carboxylic acids is 1. The molecule has 3 aromatic carbocycles. The highest BCUT2D eigenvalue weighted by molar-refractivity contribution is 6.08. The first-order valence-electron chi connectivity index (χ1n) is 7.52. The van der Waals surface area contributed by atoms with Crippen LogP contribution in [-0.4, -0.2) is 10.7 Å². The molecule has 0 spiro atoms. The molecule has 4 aromatic rings. The molecule has 0 bridgehead atoms. The lowest BCUT2D eigenvalue weighted by molar-refractivity contribution is 0.0500. The van der Waals surface area contributed by atoms with Gasteiger partial charge in [0.2, 0.25) is 0 Å². The van der Waals surface area contributed by atoms with Crippen molar-refractivity contribution in [1.29, 1.82) is 0 Å². The number of rotatable bonds is 2. The van der Waals surface area contributed by atoms with E-state index in [0.29, 0.717) is 5.56 Å². The minimum Gasteiger partial charge on any atom is -0.330 e. The molecule has 1 aromatic heterocycles. The Hall–Kier alpha value is -3.07. The summed E-state index contributed by atoms with van der Waals surface area (Å²) in [6.45, 7) is 1.91. The van der Waals surface area contributed by atoms with Crippen LogP contribution in [-0.2, 0) is 0 Å². The molecular weight excluding hydrogens is 286 g/mol. The smallest absolute Gasteiger partial charge is 0.330 e. The second-order valence-electron chi connectivity index (χ2n) is 5.52. The SMILES string of the molecule is Cc1ccccc1C(=O)On1c2ccccc2c2ccccc21. The molecule has 3 heteroatoms. The Morgan fingerprint density at radius 1 is 0.783 bits per heavy atom. The van der Waals surface area contributed by atoms with Crippen molar-refractivity contribution in [3.63, 3.8) is 0 Å². The average molecular weight is 301 g/mol. The Kier molecular flexibility index (Phi) is 3.12. The fourth-order valence-corrected chi connectivity index (χ4v) is 2.92. The molecule has 0 N–H and O–H groups in total. The van der Waals surface area contributed by atoms with E-state index in [1.165, 1.54) is 0 Å². The Morgan fingerprint density at radius 3 is 1.91 bits per heavy atom. The third-order valence-corrected chi connectivity index (χ3v) is 4.08. The Morgan fingerprint density at radius 2 is 1.30 bits per heavy atom. The van der Waals surface area contributed by atoms with E-state index in [2.05, 4.69) is 0 Å². The molecule has 112 valence electrons. The average Bonchev–Trinajstić information content (AvgIpc) is 2.90. The van der Waals surface area contributed by atoms with E-state index in [1.807, 2.05) is 73.7 Å². The Bertz CT molecular complexity index is 977. The van der Waals surface area contributed by atoms with Gasteiger partial charge in [-0.1, -0.05) is 54.6 Å². The van der Waals surface area contributed by atoms with E-state index < -0.39 is 0 Å². The standard InChI is InChI=1S/C20H15NO2/c1-14-8-2-3-9-15(14)20(22)23-21-18-12-6-4-10-16(18)17-11-5-7-13-19(17)21/h2-13H,1H3. The van der Waals surface area contributed by atoms with Crippen LogP contribution in [0.25, 0.3) is 21.8 Å². The summed E-state index contributed by atoms with van der Waals surface area (Å²) in [4.78, 5) is 18.3. The number of hydrogen-bond donors (Lipinski definition) is 0. The van der Waals surface area contributed by atoms with Crippen molar-refractivity contribution in [3.05, 3.63) is 83.9 Å². The van der Waals surface area contributed by atoms with Crippen LogP contribution in [0.4, 0.5) is 0 Å². The third-order valence-electron chi connectivity index (χ3n) is 4.08. The van der Waals surface area contributed by atoms with Crippen LogP contribution < -0.4 is 4.84 Å². The topological polar surface area (TPSA) is 31.2 Å². The predicted molar refractivity (Wildman–Crippen MR) is 91.5 cm³/mol. The van der Waals surface area contributed by atoms with E-state index in [1.54, 1.807) is 10.8 Å². The molecule has 0 unspecified atom stereocenters. The first-order valence-corrected chi connectivity index (χ1v) is 7.52. The number of para-hydroxylation sites is 2. The van der Waals surface area contributed by atoms with Gasteiger partial charge >= 0.3 is 5.97 Å². The Labute approximate surface area is 133 Å². The molecule has 1 heterocycles. The quantitative estimate of drug-likeness (QED) is 0.550. The summed E-state index contributed by atoms with van der Waals surface area (Å²) in [7, 11) is 0. The zero-order valence-corrected chi connectivity index (χ0v) is 12.7. The predicted octanol–water partition coefficient (Wildman–Crippen LogP) is 4.37. The second kappa shape index (κ2) is 5.29. The molecule has 0 saturated heterocycles. The first-order chi connectivity index (χ1) is 11.3. The molecule has 4 rings (SSSR count). The fourth-order valence-electron chi connectivity index (χ4n) is 2.92. The van der Waals surface area contributed by atoms with Crippen LogP contribution in [0.5, 0.6) is 0 Å². The van der Waals surface area contributed by atoms with Crippen LogP contribution in [0.3, 0.4) is 0 Å². The third kappa shape index (κ3) is 2.18. The van der Waals surface area contributed by atoms with E-state index in [0.717, 1.165) is 27.4 Å². The van der Waals surface area contributed by atoms with Crippen molar-refractivity contribution >= 4 is 27.8 Å². The van der Waals surface area contributed by atoms with Crippen LogP contribution in [0.15, 0.2) is 72.8 Å². The molecule has 0 aliphatic rings. The van der Waals surface area contributed by atoms with E-state index in [-0.39, 0.29) is 5.97 Å². The van der Waals surface area contributed by atoms with Crippen LogP contribution in [0.1, 0.15) is 15.9 Å². The van der Waals surface area contributed by atoms with Crippen molar-refractivity contribution in [2.24, 2.45) is 0 Å². The molecule has 0 aliphatic heterocycles. The normalized spacial score (nSPS) is 11.0. The summed E-state index contributed by atoms with van der Waals surface area (Å²) >= 11 is 0. The van der Waals surface area contributed by atoms with Gasteiger partial charge in [0.1, 0.15) is 0 Å². The molecule has 0 amide bonds. The van der Waals surface area contributed by atoms with Gasteiger partial charge in [-0.2, -0.15) is 4.73 Å². The lowest BCUT2D eigenvalue weighted by atomic mass is 10.1. The Balaban J connectivity index is 1.88. The zero-order chi connectivity index (χ0) is 15.8. The summed E-state index contributed by atoms with van der Waals surface area (Å²) in [5.41, 5.74) is 3.25. The van der Waals surface area contributed by atoms with Gasteiger partial charge in [-0.15, -0.1) is 0 Å². The van der Waals surface area contributed by atoms with Crippen LogP contribution >= 0.6 is 0 Å². The number of hydrogen-bond acceptors (Lipinski definition) is 2. The molecule has 0 radical (unpaired) electrons. The van der Waals surface area contributed by atoms with Crippen molar-refractivity contribution in [1.82, 2.24) is 4.73 Å². The minimum absolute atomic E-state index is 0.352. The highest BCUT2D eigenvalue weighted by atomic mass is 16.7. The number of benzene rings is 3. The number of carbonyl (C=O) groups is 1. The van der Waals surface area contributed by atoms with Crippen LogP contribution in [0, 0.1) is 6.92 Å². The van der Waals surface area contributed by atoms with Crippen LogP contribution in [0.2, 0.25) is 0 Å². The maximum absolute atomic E-state index is 12.6. The van der Waals surface area contributed by atoms with Crippen molar-refractivity contribution in [2.75, 3.05) is 0 Å². The molecule has 0 atom stereocenters. The van der Waals surface area contributed by atoms with Gasteiger partial charge < -0.3 is 4.84 Å². The molecule has 23 heavy (non-hydrogen) atoms. The summed E-state index contributed by atoms with van der Waals surface area (Å²) < 4.78 is 1.62. The van der Waals surface area contributed by atoms with Gasteiger partial charge in [0.25, 0.3) is 0 Å². The zero-order valence-electron chi connectivity index (χ0n) is 12.7. The molecule has 0 saturated carbocycles. The van der Waals surface area contributed by atoms with Gasteiger partial charge in [0.15, 0.2) is 0 Å². The van der Waals surface area contributed by atoms with Crippen molar-refractivity contribution in [2.45, 2.75) is 6.92 Å². The highest BCUT2D eigenvalue weighted by Crippen LogP contribution is 2.28. The fraction of sp³-hybridized carbons (Fsp3) is 0.0500. The van der Waals surface area contributed by atoms with Crippen molar-refractivity contribution in [3.8, 4) is 0 Å². The summed E-state index contributed by atoms with van der Waals surface area (Å²) in [5, 5.41) is 2.14. The van der Waals surface area contributed by atoms with Gasteiger partial charge in [0.05, 0.1) is 16.6 Å². The number of nitrogens with zero attached hydrogens (tertiary/aromatic N) is 1. The van der Waals surface area contributed by atoms with Gasteiger partial charge in [-0.3, -0.25) is 0 Å². The number of fused-ring (bicyclic) bond motifs is 3. The van der Waals surface area contributed by atoms with Gasteiger partial charge in [-0.25, -0.2) is 4.79 Å². The lowest BCUT2D eigenvalue weighted by Gasteiger charge is -2.09. The lowest BCUT2D eigenvalue weighted by Crippen LogP contribution is -2.20. The maximum Gasteiger partial charge on any atom is 0.363 e. The first kappa shape index (κ1) is 13.6. The number of aromatic nitrogens is 1. The maximum atomic E-state index is 12.6. The number of aryl methyl sites for hydroxylation is 1. The molecular formula is C20H15NO2. The van der Waals surface area contributed by atoms with E-state index in [9.17, 15) is 4.79 Å². The highest BCUT2D eigenvalue weighted by Gasteiger charge is 2.16. The van der Waals surface area contributed by atoms with E-state index >= 15 is 0 Å². The second-order valence-corrected chi connectivity index (χ2v) is 5.52. The molecule has 0 aliphatic carbocycles. The summed E-state index contributed by atoms with van der Waals surface area (Å²) in [6.07, 6.45) is 0. The van der Waals surface area contributed by atoms with E-state index in [4.69, 9.17) is 4.84 Å². The molecule has 0 fully saturated rings. The molecule has 3 nitrogen and oxygen atoms in total. The van der Waals surface area contributed by atoms with Gasteiger partial charge in [0, 0.05) is 10.8 Å². The summed E-state index contributed by atoms with van der Waals surface area (Å²) in [5.74, 6) is -0.352. The minimum atomic E-state index is -0.352. The van der Waals surface area contributed by atoms with Gasteiger partial charge in [-0.05, 0) is 30.7 Å². The van der Waals surface area contributed by atoms with Crippen molar-refractivity contribution < 1.29 is 9.63 Å².